The number of amides is 1. The van der Waals surface area contributed by atoms with Gasteiger partial charge in [0.2, 0.25) is 5.91 Å². The zero-order chi connectivity index (χ0) is 18.6. The predicted molar refractivity (Wildman–Crippen MR) is 103 cm³/mol. The zero-order valence-corrected chi connectivity index (χ0v) is 16.6. The molecule has 0 aliphatic heterocycles. The number of sulfone groups is 1. The number of benzene rings is 2. The molecule has 2 rings (SSSR count). The first-order valence-corrected chi connectivity index (χ1v) is 10.8. The molecule has 2 aromatic carbocycles. The van der Waals surface area contributed by atoms with Crippen molar-refractivity contribution in [3.05, 3.63) is 59.1 Å². The van der Waals surface area contributed by atoms with Gasteiger partial charge >= 0.3 is 0 Å². The van der Waals surface area contributed by atoms with Gasteiger partial charge in [-0.1, -0.05) is 23.7 Å². The first-order valence-electron chi connectivity index (χ1n) is 7.69. The molecule has 0 saturated heterocycles. The second-order valence-electron chi connectivity index (χ2n) is 5.79. The summed E-state index contributed by atoms with van der Waals surface area (Å²) in [5, 5.41) is 3.35. The third kappa shape index (κ3) is 5.76. The molecule has 0 radical (unpaired) electrons. The van der Waals surface area contributed by atoms with E-state index in [9.17, 15) is 13.2 Å². The number of nitrogens with one attached hydrogen (secondary N) is 1. The van der Waals surface area contributed by atoms with Crippen LogP contribution in [0.3, 0.4) is 0 Å². The van der Waals surface area contributed by atoms with Crippen molar-refractivity contribution >= 4 is 39.1 Å². The summed E-state index contributed by atoms with van der Waals surface area (Å²) in [6.45, 7) is 3.71. The molecule has 2 aromatic rings. The monoisotopic (exact) mass is 397 g/mol. The fourth-order valence-electron chi connectivity index (χ4n) is 2.19. The summed E-state index contributed by atoms with van der Waals surface area (Å²) in [4.78, 5) is 13.6. The fraction of sp³-hybridized carbons (Fsp3) is 0.278. The molecule has 0 aliphatic carbocycles. The van der Waals surface area contributed by atoms with E-state index in [-0.39, 0.29) is 22.1 Å². The van der Waals surface area contributed by atoms with Gasteiger partial charge < -0.3 is 5.32 Å². The van der Waals surface area contributed by atoms with Gasteiger partial charge in [-0.15, -0.1) is 11.8 Å². The van der Waals surface area contributed by atoms with Crippen LogP contribution in [0.25, 0.3) is 0 Å². The topological polar surface area (TPSA) is 63.2 Å². The Labute approximate surface area is 157 Å². The summed E-state index contributed by atoms with van der Waals surface area (Å²) in [5.41, 5.74) is 0.851. The van der Waals surface area contributed by atoms with Gasteiger partial charge in [-0.2, -0.15) is 0 Å². The molecule has 4 nitrogen and oxygen atoms in total. The molecule has 0 saturated carbocycles. The normalized spacial score (nSPS) is 13.9. The Kier molecular flexibility index (Phi) is 6.54. The molecule has 0 unspecified atom stereocenters. The standard InChI is InChI=1S/C18H20ClNO3S2/c1-12(14-4-10-17(11-5-14)25(3,22)23)20-18(21)13(2)24-16-8-6-15(19)7-9-16/h4-13H,1-3H3,(H,20,21)/t12-,13+/m1/s1. The number of halogens is 1. The van der Waals surface area contributed by atoms with E-state index in [4.69, 9.17) is 11.6 Å². The Bertz CT molecular complexity index is 834. The molecular weight excluding hydrogens is 378 g/mol. The number of carbonyl (C=O) groups is 1. The molecule has 134 valence electrons. The van der Waals surface area contributed by atoms with Crippen molar-refractivity contribution in [1.29, 1.82) is 0 Å². The van der Waals surface area contributed by atoms with Gasteiger partial charge in [0.15, 0.2) is 9.84 Å². The SMILES string of the molecule is C[C@H](Sc1ccc(Cl)cc1)C(=O)N[C@H](C)c1ccc(S(C)(=O)=O)cc1. The van der Waals surface area contributed by atoms with E-state index in [1.165, 1.54) is 18.0 Å². The van der Waals surface area contributed by atoms with Crippen LogP contribution in [0.2, 0.25) is 5.02 Å². The predicted octanol–water partition coefficient (Wildman–Crippen LogP) is 4.10. The molecule has 0 spiro atoms. The first-order chi connectivity index (χ1) is 11.7. The average Bonchev–Trinajstić information content (AvgIpc) is 2.56. The van der Waals surface area contributed by atoms with Gasteiger partial charge in [-0.05, 0) is 55.8 Å². The molecule has 0 bridgehead atoms. The lowest BCUT2D eigenvalue weighted by Crippen LogP contribution is -2.33. The van der Waals surface area contributed by atoms with Crippen LogP contribution in [-0.2, 0) is 14.6 Å². The van der Waals surface area contributed by atoms with Crippen molar-refractivity contribution in [2.24, 2.45) is 0 Å². The van der Waals surface area contributed by atoms with Crippen LogP contribution in [0.5, 0.6) is 0 Å². The first kappa shape index (κ1) is 19.8. The van der Waals surface area contributed by atoms with Gasteiger partial charge in [-0.25, -0.2) is 8.42 Å². The number of hydrogen-bond donors (Lipinski definition) is 1. The zero-order valence-electron chi connectivity index (χ0n) is 14.2. The Morgan fingerprint density at radius 3 is 2.12 bits per heavy atom. The summed E-state index contributed by atoms with van der Waals surface area (Å²) in [7, 11) is -3.22. The van der Waals surface area contributed by atoms with E-state index < -0.39 is 9.84 Å². The smallest absolute Gasteiger partial charge is 0.233 e. The summed E-state index contributed by atoms with van der Waals surface area (Å²) in [6, 6.07) is 13.7. The minimum Gasteiger partial charge on any atom is -0.349 e. The lowest BCUT2D eigenvalue weighted by molar-refractivity contribution is -0.120. The highest BCUT2D eigenvalue weighted by Gasteiger charge is 2.18. The third-order valence-corrected chi connectivity index (χ3v) is 6.16. The summed E-state index contributed by atoms with van der Waals surface area (Å²) < 4.78 is 23.0. The highest BCUT2D eigenvalue weighted by molar-refractivity contribution is 8.00. The molecule has 0 fully saturated rings. The highest BCUT2D eigenvalue weighted by atomic mass is 35.5. The van der Waals surface area contributed by atoms with Gasteiger partial charge in [0, 0.05) is 16.2 Å². The maximum atomic E-state index is 12.4. The van der Waals surface area contributed by atoms with E-state index in [1.54, 1.807) is 36.4 Å². The maximum absolute atomic E-state index is 12.4. The van der Waals surface area contributed by atoms with Gasteiger partial charge in [-0.3, -0.25) is 4.79 Å². The van der Waals surface area contributed by atoms with Crippen molar-refractivity contribution in [1.82, 2.24) is 5.32 Å². The van der Waals surface area contributed by atoms with Gasteiger partial charge in [0.25, 0.3) is 0 Å². The van der Waals surface area contributed by atoms with E-state index in [1.807, 2.05) is 26.0 Å². The van der Waals surface area contributed by atoms with Crippen LogP contribution >= 0.6 is 23.4 Å². The molecule has 0 heterocycles. The Balaban J connectivity index is 1.97. The number of hydrogen-bond acceptors (Lipinski definition) is 4. The van der Waals surface area contributed by atoms with Crippen LogP contribution in [0.15, 0.2) is 58.3 Å². The fourth-order valence-corrected chi connectivity index (χ4v) is 3.82. The number of carbonyl (C=O) groups excluding carboxylic acids is 1. The largest absolute Gasteiger partial charge is 0.349 e. The van der Waals surface area contributed by atoms with Gasteiger partial charge in [0.1, 0.15) is 0 Å². The second-order valence-corrected chi connectivity index (χ2v) is 9.65. The number of rotatable bonds is 6. The number of thioether (sulfide) groups is 1. The van der Waals surface area contributed by atoms with Crippen molar-refractivity contribution in [2.75, 3.05) is 6.26 Å². The van der Waals surface area contributed by atoms with Crippen LogP contribution in [-0.4, -0.2) is 25.8 Å². The van der Waals surface area contributed by atoms with Crippen molar-refractivity contribution in [3.8, 4) is 0 Å². The average molecular weight is 398 g/mol. The molecule has 25 heavy (non-hydrogen) atoms. The van der Waals surface area contributed by atoms with E-state index in [0.717, 1.165) is 10.5 Å². The van der Waals surface area contributed by atoms with Gasteiger partial charge in [0.05, 0.1) is 16.2 Å². The van der Waals surface area contributed by atoms with Crippen molar-refractivity contribution < 1.29 is 13.2 Å². The van der Waals surface area contributed by atoms with Crippen LogP contribution < -0.4 is 5.32 Å². The Morgan fingerprint density at radius 2 is 1.60 bits per heavy atom. The molecular formula is C18H20ClNO3S2. The molecule has 1 amide bonds. The second kappa shape index (κ2) is 8.25. The molecule has 0 aliphatic rings. The Morgan fingerprint density at radius 1 is 1.04 bits per heavy atom. The Hall–Kier alpha value is -1.50. The molecule has 2 atom stereocenters. The molecule has 7 heteroatoms. The molecule has 1 N–H and O–H groups in total. The van der Waals surface area contributed by atoms with Crippen molar-refractivity contribution in [2.45, 2.75) is 34.9 Å². The van der Waals surface area contributed by atoms with Crippen LogP contribution in [0.1, 0.15) is 25.5 Å². The van der Waals surface area contributed by atoms with Crippen LogP contribution in [0, 0.1) is 0 Å². The minimum atomic E-state index is -3.22. The van der Waals surface area contributed by atoms with Crippen molar-refractivity contribution in [3.63, 3.8) is 0 Å². The lowest BCUT2D eigenvalue weighted by atomic mass is 10.1. The third-order valence-electron chi connectivity index (χ3n) is 3.66. The summed E-state index contributed by atoms with van der Waals surface area (Å²) in [5.74, 6) is -0.0837. The summed E-state index contributed by atoms with van der Waals surface area (Å²) >= 11 is 7.31. The highest BCUT2D eigenvalue weighted by Crippen LogP contribution is 2.25. The van der Waals surface area contributed by atoms with E-state index in [0.29, 0.717) is 5.02 Å². The quantitative estimate of drug-likeness (QED) is 0.745. The summed E-state index contributed by atoms with van der Waals surface area (Å²) in [6.07, 6.45) is 1.17. The molecule has 0 aromatic heterocycles. The van der Waals surface area contributed by atoms with Crippen LogP contribution in [0.4, 0.5) is 0 Å². The van der Waals surface area contributed by atoms with E-state index >= 15 is 0 Å². The maximum Gasteiger partial charge on any atom is 0.233 e. The minimum absolute atomic E-state index is 0.0837. The lowest BCUT2D eigenvalue weighted by Gasteiger charge is -2.18. The van der Waals surface area contributed by atoms with E-state index in [2.05, 4.69) is 5.32 Å².